The van der Waals surface area contributed by atoms with Gasteiger partial charge in [-0.05, 0) is 11.6 Å². The van der Waals surface area contributed by atoms with Crippen LogP contribution in [0.15, 0.2) is 12.1 Å². The van der Waals surface area contributed by atoms with Crippen molar-refractivity contribution in [2.24, 2.45) is 0 Å². The minimum Gasteiger partial charge on any atom is -0.494 e. The summed E-state index contributed by atoms with van der Waals surface area (Å²) in [5, 5.41) is 0.420. The lowest BCUT2D eigenvalue weighted by atomic mass is 10.2. The first-order chi connectivity index (χ1) is 5.69. The van der Waals surface area contributed by atoms with Gasteiger partial charge in [-0.15, -0.1) is 11.6 Å². The van der Waals surface area contributed by atoms with E-state index in [0.29, 0.717) is 10.6 Å². The highest BCUT2D eigenvalue weighted by Crippen LogP contribution is 2.26. The maximum atomic E-state index is 13.0. The van der Waals surface area contributed by atoms with Crippen molar-refractivity contribution in [2.75, 3.05) is 7.11 Å². The highest BCUT2D eigenvalue weighted by Gasteiger charge is 2.07. The van der Waals surface area contributed by atoms with Crippen LogP contribution >= 0.6 is 23.2 Å². The molecule has 0 aliphatic rings. The van der Waals surface area contributed by atoms with Crippen molar-refractivity contribution in [3.05, 3.63) is 28.5 Å². The van der Waals surface area contributed by atoms with E-state index < -0.39 is 5.82 Å². The molecule has 0 aliphatic heterocycles. The number of methoxy groups -OCH3 is 1. The van der Waals surface area contributed by atoms with Gasteiger partial charge in [0.05, 0.1) is 7.11 Å². The Morgan fingerprint density at radius 1 is 1.50 bits per heavy atom. The minimum atomic E-state index is -0.447. The Morgan fingerprint density at radius 2 is 2.17 bits per heavy atom. The Balaban J connectivity index is 3.16. The lowest BCUT2D eigenvalue weighted by Crippen LogP contribution is -1.90. The zero-order chi connectivity index (χ0) is 9.14. The minimum absolute atomic E-state index is 0.133. The molecular weight excluding hydrogens is 202 g/mol. The summed E-state index contributed by atoms with van der Waals surface area (Å²) in [4.78, 5) is 0. The van der Waals surface area contributed by atoms with Gasteiger partial charge in [0.2, 0.25) is 0 Å². The molecule has 1 aromatic rings. The number of ether oxygens (including phenoxy) is 1. The van der Waals surface area contributed by atoms with E-state index in [4.69, 9.17) is 27.9 Å². The van der Waals surface area contributed by atoms with Gasteiger partial charge >= 0.3 is 0 Å². The van der Waals surface area contributed by atoms with Crippen LogP contribution in [0.25, 0.3) is 0 Å². The smallest absolute Gasteiger partial charge is 0.165 e. The lowest BCUT2D eigenvalue weighted by molar-refractivity contribution is 0.386. The summed E-state index contributed by atoms with van der Waals surface area (Å²) in [6.45, 7) is 0. The van der Waals surface area contributed by atoms with Gasteiger partial charge in [-0.2, -0.15) is 0 Å². The molecule has 0 unspecified atom stereocenters. The second-order valence-corrected chi connectivity index (χ2v) is 2.89. The molecule has 0 bridgehead atoms. The van der Waals surface area contributed by atoms with Crippen LogP contribution < -0.4 is 4.74 Å². The Labute approximate surface area is 80.0 Å². The van der Waals surface area contributed by atoms with Gasteiger partial charge < -0.3 is 4.74 Å². The predicted octanol–water partition coefficient (Wildman–Crippen LogP) is 3.23. The van der Waals surface area contributed by atoms with Gasteiger partial charge in [-0.3, -0.25) is 0 Å². The molecule has 0 amide bonds. The van der Waals surface area contributed by atoms with Crippen LogP contribution in [-0.4, -0.2) is 7.11 Å². The fourth-order valence-corrected chi connectivity index (χ4v) is 1.34. The molecule has 1 rings (SSSR count). The molecule has 12 heavy (non-hydrogen) atoms. The van der Waals surface area contributed by atoms with E-state index >= 15 is 0 Å². The lowest BCUT2D eigenvalue weighted by Gasteiger charge is -2.04. The van der Waals surface area contributed by atoms with Crippen molar-refractivity contribution < 1.29 is 9.13 Å². The van der Waals surface area contributed by atoms with E-state index in [1.54, 1.807) is 0 Å². The third kappa shape index (κ3) is 1.82. The number of hydrogen-bond acceptors (Lipinski definition) is 1. The van der Waals surface area contributed by atoms with Crippen molar-refractivity contribution in [1.82, 2.24) is 0 Å². The quantitative estimate of drug-likeness (QED) is 0.679. The SMILES string of the molecule is COc1cc(Cl)c(CCl)cc1F. The summed E-state index contributed by atoms with van der Waals surface area (Å²) in [5.41, 5.74) is 0.566. The summed E-state index contributed by atoms with van der Waals surface area (Å²) in [5.74, 6) is -0.119. The summed E-state index contributed by atoms with van der Waals surface area (Å²) in [6.07, 6.45) is 0. The van der Waals surface area contributed by atoms with Crippen LogP contribution in [0.4, 0.5) is 4.39 Å². The second-order valence-electron chi connectivity index (χ2n) is 2.21. The first-order valence-corrected chi connectivity index (χ1v) is 4.18. The maximum absolute atomic E-state index is 13.0. The van der Waals surface area contributed by atoms with Crippen molar-refractivity contribution in [1.29, 1.82) is 0 Å². The summed E-state index contributed by atoms with van der Waals surface area (Å²) < 4.78 is 17.7. The number of hydrogen-bond donors (Lipinski definition) is 0. The number of halogens is 3. The van der Waals surface area contributed by atoms with E-state index in [-0.39, 0.29) is 11.6 Å². The molecule has 1 nitrogen and oxygen atoms in total. The Morgan fingerprint density at radius 3 is 2.67 bits per heavy atom. The van der Waals surface area contributed by atoms with Crippen molar-refractivity contribution in [3.8, 4) is 5.75 Å². The second kappa shape index (κ2) is 3.97. The molecular formula is C8H7Cl2FO. The van der Waals surface area contributed by atoms with E-state index in [9.17, 15) is 4.39 Å². The van der Waals surface area contributed by atoms with E-state index in [1.807, 2.05) is 0 Å². The molecule has 0 N–H and O–H groups in total. The summed E-state index contributed by atoms with van der Waals surface area (Å²) in [6, 6.07) is 2.68. The van der Waals surface area contributed by atoms with Crippen LogP contribution in [-0.2, 0) is 5.88 Å². The van der Waals surface area contributed by atoms with Crippen LogP contribution in [0.1, 0.15) is 5.56 Å². The Kier molecular flexibility index (Phi) is 3.18. The van der Waals surface area contributed by atoms with Crippen molar-refractivity contribution >= 4 is 23.2 Å². The average Bonchev–Trinajstić information content (AvgIpc) is 2.08. The third-order valence-corrected chi connectivity index (χ3v) is 2.10. The average molecular weight is 209 g/mol. The number of benzene rings is 1. The fourth-order valence-electron chi connectivity index (χ4n) is 0.829. The largest absolute Gasteiger partial charge is 0.494 e. The van der Waals surface area contributed by atoms with Gasteiger partial charge in [0.15, 0.2) is 11.6 Å². The van der Waals surface area contributed by atoms with Crippen LogP contribution in [0.3, 0.4) is 0 Å². The van der Waals surface area contributed by atoms with Gasteiger partial charge in [-0.25, -0.2) is 4.39 Å². The van der Waals surface area contributed by atoms with Crippen LogP contribution in [0, 0.1) is 5.82 Å². The van der Waals surface area contributed by atoms with Gasteiger partial charge in [0.1, 0.15) is 0 Å². The van der Waals surface area contributed by atoms with Crippen LogP contribution in [0.5, 0.6) is 5.75 Å². The molecule has 0 saturated heterocycles. The molecule has 0 aliphatic carbocycles. The highest BCUT2D eigenvalue weighted by molar-refractivity contribution is 6.32. The first-order valence-electron chi connectivity index (χ1n) is 3.27. The molecule has 0 spiro atoms. The highest BCUT2D eigenvalue weighted by atomic mass is 35.5. The van der Waals surface area contributed by atoms with E-state index in [1.165, 1.54) is 19.2 Å². The van der Waals surface area contributed by atoms with E-state index in [2.05, 4.69) is 0 Å². The molecule has 0 aromatic heterocycles. The van der Waals surface area contributed by atoms with E-state index in [0.717, 1.165) is 0 Å². The standard InChI is InChI=1S/C8H7Cl2FO/c1-12-8-3-6(10)5(4-9)2-7(8)11/h2-3H,4H2,1H3. The zero-order valence-corrected chi connectivity index (χ0v) is 7.92. The molecule has 0 fully saturated rings. The zero-order valence-electron chi connectivity index (χ0n) is 6.40. The topological polar surface area (TPSA) is 9.23 Å². The molecule has 0 saturated carbocycles. The monoisotopic (exact) mass is 208 g/mol. The molecule has 0 heterocycles. The fraction of sp³-hybridized carbons (Fsp3) is 0.250. The summed E-state index contributed by atoms with van der Waals surface area (Å²) in [7, 11) is 1.38. The molecule has 4 heteroatoms. The van der Waals surface area contributed by atoms with Crippen molar-refractivity contribution in [3.63, 3.8) is 0 Å². The predicted molar refractivity (Wildman–Crippen MR) is 47.5 cm³/mol. The van der Waals surface area contributed by atoms with Gasteiger partial charge in [0, 0.05) is 17.0 Å². The summed E-state index contributed by atoms with van der Waals surface area (Å²) >= 11 is 11.3. The third-order valence-electron chi connectivity index (χ3n) is 1.46. The van der Waals surface area contributed by atoms with Gasteiger partial charge in [0.25, 0.3) is 0 Å². The Bertz CT molecular complexity index is 259. The Hall–Kier alpha value is -0.470. The number of alkyl halides is 1. The van der Waals surface area contributed by atoms with Gasteiger partial charge in [-0.1, -0.05) is 11.6 Å². The molecule has 0 radical (unpaired) electrons. The normalized spacial score (nSPS) is 10.0. The molecule has 0 atom stereocenters. The molecule has 66 valence electrons. The first kappa shape index (κ1) is 9.62. The molecule has 1 aromatic carbocycles. The van der Waals surface area contributed by atoms with Crippen molar-refractivity contribution in [2.45, 2.75) is 5.88 Å². The van der Waals surface area contributed by atoms with Crippen LogP contribution in [0.2, 0.25) is 5.02 Å². The number of rotatable bonds is 2. The maximum Gasteiger partial charge on any atom is 0.165 e.